The van der Waals surface area contributed by atoms with Crippen LogP contribution in [0.3, 0.4) is 0 Å². The van der Waals surface area contributed by atoms with E-state index in [4.69, 9.17) is 14.2 Å². The molecule has 3 rings (SSSR count). The predicted octanol–water partition coefficient (Wildman–Crippen LogP) is 3.52. The highest BCUT2D eigenvalue weighted by atomic mass is 16.7. The minimum absolute atomic E-state index is 0.0653. The number of pyridine rings is 1. The Morgan fingerprint density at radius 3 is 2.44 bits per heavy atom. The van der Waals surface area contributed by atoms with Crippen molar-refractivity contribution in [1.29, 1.82) is 0 Å². The van der Waals surface area contributed by atoms with Crippen molar-refractivity contribution >= 4 is 11.6 Å². The first-order valence-corrected chi connectivity index (χ1v) is 9.13. The number of nitrogens with zero attached hydrogens (tertiary/aromatic N) is 1. The standard InChI is InChI=1S/C19H28N2O4/c1-14(2)25-16-8-7-15(11-20-16)21-17(22)18(3)12-23-19(24-13-18)9-5-4-6-10-19/h7-8,11,14H,4-6,9-10,12-13H2,1-3H3,(H,21,22). The van der Waals surface area contributed by atoms with Gasteiger partial charge in [0.25, 0.3) is 0 Å². The third-order valence-electron chi connectivity index (χ3n) is 4.82. The molecular weight excluding hydrogens is 320 g/mol. The van der Waals surface area contributed by atoms with Crippen LogP contribution >= 0.6 is 0 Å². The first-order chi connectivity index (χ1) is 11.9. The molecule has 1 aromatic rings. The van der Waals surface area contributed by atoms with Crippen LogP contribution in [0.5, 0.6) is 5.88 Å². The first-order valence-electron chi connectivity index (χ1n) is 9.13. The molecule has 0 bridgehead atoms. The van der Waals surface area contributed by atoms with Gasteiger partial charge in [-0.15, -0.1) is 0 Å². The molecule has 1 aliphatic carbocycles. The smallest absolute Gasteiger partial charge is 0.235 e. The zero-order chi connectivity index (χ0) is 17.9. The average Bonchev–Trinajstić information content (AvgIpc) is 2.60. The fraction of sp³-hybridized carbons (Fsp3) is 0.684. The number of anilines is 1. The topological polar surface area (TPSA) is 69.7 Å². The second-order valence-corrected chi connectivity index (χ2v) is 7.62. The number of ether oxygens (including phenoxy) is 3. The number of hydrogen-bond donors (Lipinski definition) is 1. The van der Waals surface area contributed by atoms with Gasteiger partial charge >= 0.3 is 0 Å². The summed E-state index contributed by atoms with van der Waals surface area (Å²) in [6.45, 7) is 6.52. The van der Waals surface area contributed by atoms with Crippen LogP contribution in [-0.2, 0) is 14.3 Å². The maximum absolute atomic E-state index is 12.7. The van der Waals surface area contributed by atoms with Crippen molar-refractivity contribution < 1.29 is 19.0 Å². The lowest BCUT2D eigenvalue weighted by molar-refractivity contribution is -0.306. The average molecular weight is 348 g/mol. The van der Waals surface area contributed by atoms with E-state index >= 15 is 0 Å². The molecule has 0 aromatic carbocycles. The summed E-state index contributed by atoms with van der Waals surface area (Å²) in [4.78, 5) is 16.9. The van der Waals surface area contributed by atoms with E-state index in [0.29, 0.717) is 24.8 Å². The SMILES string of the molecule is CC(C)Oc1ccc(NC(=O)C2(C)COC3(CCCCC3)OC2)cn1. The largest absolute Gasteiger partial charge is 0.475 e. The molecule has 25 heavy (non-hydrogen) atoms. The van der Waals surface area contributed by atoms with E-state index in [-0.39, 0.29) is 12.0 Å². The molecule has 1 saturated carbocycles. The van der Waals surface area contributed by atoms with Gasteiger partial charge in [-0.05, 0) is 39.7 Å². The molecule has 0 radical (unpaired) electrons. The lowest BCUT2D eigenvalue weighted by atomic mass is 9.87. The van der Waals surface area contributed by atoms with Crippen LogP contribution in [0.4, 0.5) is 5.69 Å². The summed E-state index contributed by atoms with van der Waals surface area (Å²) >= 11 is 0. The quantitative estimate of drug-likeness (QED) is 0.901. The number of aromatic nitrogens is 1. The van der Waals surface area contributed by atoms with Gasteiger partial charge in [0, 0.05) is 18.9 Å². The Morgan fingerprint density at radius 2 is 1.88 bits per heavy atom. The molecule has 6 nitrogen and oxygen atoms in total. The Hall–Kier alpha value is -1.66. The van der Waals surface area contributed by atoms with E-state index < -0.39 is 11.2 Å². The second-order valence-electron chi connectivity index (χ2n) is 7.62. The molecule has 2 fully saturated rings. The molecule has 1 aliphatic heterocycles. The molecular formula is C19H28N2O4. The van der Waals surface area contributed by atoms with Crippen LogP contribution in [0.1, 0.15) is 52.9 Å². The lowest BCUT2D eigenvalue weighted by Crippen LogP contribution is -2.53. The van der Waals surface area contributed by atoms with E-state index in [0.717, 1.165) is 25.7 Å². The lowest BCUT2D eigenvalue weighted by Gasteiger charge is -2.45. The molecule has 2 heterocycles. The Bertz CT molecular complexity index is 584. The number of amides is 1. The molecule has 0 atom stereocenters. The predicted molar refractivity (Wildman–Crippen MR) is 94.5 cm³/mol. The number of carbonyl (C=O) groups excluding carboxylic acids is 1. The Morgan fingerprint density at radius 1 is 1.20 bits per heavy atom. The van der Waals surface area contributed by atoms with Gasteiger partial charge in [-0.3, -0.25) is 4.79 Å². The number of rotatable bonds is 4. The summed E-state index contributed by atoms with van der Waals surface area (Å²) in [5.41, 5.74) is -0.0595. The van der Waals surface area contributed by atoms with Crippen molar-refractivity contribution in [2.24, 2.45) is 5.41 Å². The van der Waals surface area contributed by atoms with Crippen LogP contribution in [0.25, 0.3) is 0 Å². The van der Waals surface area contributed by atoms with Crippen LogP contribution in [0.2, 0.25) is 0 Å². The van der Waals surface area contributed by atoms with Gasteiger partial charge in [-0.25, -0.2) is 4.98 Å². The van der Waals surface area contributed by atoms with E-state index in [1.165, 1.54) is 6.42 Å². The summed E-state index contributed by atoms with van der Waals surface area (Å²) in [6, 6.07) is 3.54. The number of nitrogens with one attached hydrogen (secondary N) is 1. The van der Waals surface area contributed by atoms with Crippen molar-refractivity contribution in [1.82, 2.24) is 4.98 Å². The second kappa shape index (κ2) is 7.30. The normalized spacial score (nSPS) is 21.9. The summed E-state index contributed by atoms with van der Waals surface area (Å²) in [5, 5.41) is 2.91. The maximum atomic E-state index is 12.7. The van der Waals surface area contributed by atoms with Crippen molar-refractivity contribution in [2.45, 2.75) is 64.8 Å². The third-order valence-corrected chi connectivity index (χ3v) is 4.82. The highest BCUT2D eigenvalue weighted by Crippen LogP contribution is 2.39. The maximum Gasteiger partial charge on any atom is 0.235 e. The van der Waals surface area contributed by atoms with Crippen LogP contribution in [-0.4, -0.2) is 36.0 Å². The van der Waals surface area contributed by atoms with Gasteiger partial charge < -0.3 is 19.5 Å². The van der Waals surface area contributed by atoms with Gasteiger partial charge in [0.05, 0.1) is 36.6 Å². The molecule has 6 heteroatoms. The van der Waals surface area contributed by atoms with Crippen molar-refractivity contribution in [2.75, 3.05) is 18.5 Å². The number of hydrogen-bond acceptors (Lipinski definition) is 5. The zero-order valence-corrected chi connectivity index (χ0v) is 15.3. The van der Waals surface area contributed by atoms with Crippen molar-refractivity contribution in [3.05, 3.63) is 18.3 Å². The summed E-state index contributed by atoms with van der Waals surface area (Å²) < 4.78 is 17.6. The van der Waals surface area contributed by atoms with E-state index in [2.05, 4.69) is 10.3 Å². The van der Waals surface area contributed by atoms with Crippen LogP contribution < -0.4 is 10.1 Å². The molecule has 1 aromatic heterocycles. The molecule has 138 valence electrons. The Balaban J connectivity index is 1.57. The first kappa shape index (κ1) is 18.1. The molecule has 2 aliphatic rings. The summed E-state index contributed by atoms with van der Waals surface area (Å²) in [6.07, 6.45) is 6.99. The van der Waals surface area contributed by atoms with Crippen LogP contribution in [0.15, 0.2) is 18.3 Å². The molecule has 1 amide bonds. The minimum Gasteiger partial charge on any atom is -0.475 e. The third kappa shape index (κ3) is 4.30. The van der Waals surface area contributed by atoms with Gasteiger partial charge in [-0.2, -0.15) is 0 Å². The van der Waals surface area contributed by atoms with E-state index in [1.54, 1.807) is 18.3 Å². The van der Waals surface area contributed by atoms with Crippen LogP contribution in [0, 0.1) is 5.41 Å². The minimum atomic E-state index is -0.699. The highest BCUT2D eigenvalue weighted by molar-refractivity contribution is 5.95. The highest BCUT2D eigenvalue weighted by Gasteiger charge is 2.46. The molecule has 1 saturated heterocycles. The zero-order valence-electron chi connectivity index (χ0n) is 15.3. The fourth-order valence-electron chi connectivity index (χ4n) is 3.22. The van der Waals surface area contributed by atoms with Gasteiger partial charge in [0.15, 0.2) is 5.79 Å². The van der Waals surface area contributed by atoms with E-state index in [1.807, 2.05) is 20.8 Å². The molecule has 1 N–H and O–H groups in total. The summed E-state index contributed by atoms with van der Waals surface area (Å²) in [7, 11) is 0. The Kier molecular flexibility index (Phi) is 5.29. The number of carbonyl (C=O) groups is 1. The van der Waals surface area contributed by atoms with Gasteiger partial charge in [0.1, 0.15) is 0 Å². The van der Waals surface area contributed by atoms with Gasteiger partial charge in [-0.1, -0.05) is 6.42 Å². The molecule has 0 unspecified atom stereocenters. The van der Waals surface area contributed by atoms with E-state index in [9.17, 15) is 4.79 Å². The fourth-order valence-corrected chi connectivity index (χ4v) is 3.22. The van der Waals surface area contributed by atoms with Crippen molar-refractivity contribution in [3.63, 3.8) is 0 Å². The Labute approximate surface area is 149 Å². The van der Waals surface area contributed by atoms with Gasteiger partial charge in [0.2, 0.25) is 11.8 Å². The molecule has 1 spiro atoms. The van der Waals surface area contributed by atoms with Crippen molar-refractivity contribution in [3.8, 4) is 5.88 Å². The summed E-state index contributed by atoms with van der Waals surface area (Å²) in [5.74, 6) is -0.0321. The monoisotopic (exact) mass is 348 g/mol.